The van der Waals surface area contributed by atoms with Gasteiger partial charge in [-0.2, -0.15) is 0 Å². The summed E-state index contributed by atoms with van der Waals surface area (Å²) in [7, 11) is 0. The Kier molecular flexibility index (Phi) is 8.67. The fourth-order valence-corrected chi connectivity index (χ4v) is 8.57. The molecule has 0 saturated carbocycles. The molecule has 0 spiro atoms. The van der Waals surface area contributed by atoms with Crippen LogP contribution in [0.2, 0.25) is 17.3 Å². The van der Waals surface area contributed by atoms with Gasteiger partial charge in [0, 0.05) is 42.7 Å². The maximum absolute atomic E-state index is 6.28. The van der Waals surface area contributed by atoms with Crippen molar-refractivity contribution < 1.29 is 24.5 Å². The van der Waals surface area contributed by atoms with E-state index in [0.717, 1.165) is 44.5 Å². The molecule has 1 radical (unpaired) electrons. The molecular weight excluding hydrogens is 801 g/mol. The number of furan rings is 1. The predicted molar refractivity (Wildman–Crippen MR) is 190 cm³/mol. The average Bonchev–Trinajstić information content (AvgIpc) is 3.55. The summed E-state index contributed by atoms with van der Waals surface area (Å²) in [5.41, 5.74) is 12.0. The summed E-state index contributed by atoms with van der Waals surface area (Å²) < 4.78 is 7.72. The van der Waals surface area contributed by atoms with Gasteiger partial charge in [0.05, 0.1) is 5.58 Å². The molecule has 1 aliphatic rings. The van der Waals surface area contributed by atoms with Crippen LogP contribution in [0.25, 0.3) is 55.6 Å². The molecule has 1 aliphatic carbocycles. The zero-order valence-electron chi connectivity index (χ0n) is 27.0. The van der Waals surface area contributed by atoms with Crippen molar-refractivity contribution in [2.24, 2.45) is 0 Å². The van der Waals surface area contributed by atoms with Crippen LogP contribution in [0, 0.1) is 19.1 Å². The summed E-state index contributed by atoms with van der Waals surface area (Å²) in [6.45, 7) is 6.69. The van der Waals surface area contributed by atoms with Crippen LogP contribution in [0.1, 0.15) is 30.5 Å². The van der Waals surface area contributed by atoms with E-state index in [4.69, 9.17) is 9.40 Å². The molecule has 0 unspecified atom stereocenters. The first-order chi connectivity index (χ1) is 21.6. The second-order valence-corrected chi connectivity index (χ2v) is 24.0. The standard InChI is InChI=1S/C27H20NO.C14H16GeN.Ir/c1-16-12-13-18(26-25(16)19-9-5-7-11-24(19)29-26)23-14-22-20(15-28-23)17-8-4-6-10-21(17)27(22,2)3;1-15(2,3)13-9-10-14(16-11-13)12-7-5-4-6-8-12;/h4-12,14-15H,1-3H3;4-7,9-11H,1-3H3;/q2*-1;. The summed E-state index contributed by atoms with van der Waals surface area (Å²) in [5.74, 6) is 7.14. The first-order valence-corrected chi connectivity index (χ1v) is 22.8. The number of rotatable bonds is 3. The van der Waals surface area contributed by atoms with Crippen LogP contribution in [0.5, 0.6) is 0 Å². The Morgan fingerprint density at radius 2 is 1.48 bits per heavy atom. The number of aromatic nitrogens is 2. The second kappa shape index (κ2) is 12.4. The number of hydrogen-bond acceptors (Lipinski definition) is 3. The molecule has 3 aromatic heterocycles. The van der Waals surface area contributed by atoms with Crippen molar-refractivity contribution in [3.8, 4) is 33.6 Å². The molecule has 8 rings (SSSR count). The van der Waals surface area contributed by atoms with Gasteiger partial charge in [-0.25, -0.2) is 0 Å². The number of fused-ring (bicyclic) bond motifs is 6. The second-order valence-electron chi connectivity index (χ2n) is 13.4. The van der Waals surface area contributed by atoms with Gasteiger partial charge < -0.3 is 9.40 Å². The first-order valence-electron chi connectivity index (χ1n) is 15.5. The molecule has 7 aromatic rings. The van der Waals surface area contributed by atoms with Crippen molar-refractivity contribution in [3.63, 3.8) is 0 Å². The van der Waals surface area contributed by atoms with Gasteiger partial charge >= 0.3 is 99.8 Å². The van der Waals surface area contributed by atoms with Crippen LogP contribution in [0.3, 0.4) is 0 Å². The Labute approximate surface area is 287 Å². The van der Waals surface area contributed by atoms with E-state index in [1.807, 2.05) is 48.8 Å². The molecule has 231 valence electrons. The average molecular weight is 838 g/mol. The van der Waals surface area contributed by atoms with Crippen LogP contribution in [-0.4, -0.2) is 23.2 Å². The van der Waals surface area contributed by atoms with Crippen LogP contribution >= 0.6 is 0 Å². The Hall–Kier alpha value is -3.83. The number of para-hydroxylation sites is 1. The van der Waals surface area contributed by atoms with Gasteiger partial charge in [0.25, 0.3) is 0 Å². The third-order valence-electron chi connectivity index (χ3n) is 8.99. The van der Waals surface area contributed by atoms with E-state index in [1.54, 1.807) is 0 Å². The van der Waals surface area contributed by atoms with Crippen molar-refractivity contribution >= 4 is 39.6 Å². The first kappa shape index (κ1) is 32.1. The van der Waals surface area contributed by atoms with Crippen molar-refractivity contribution in [2.45, 2.75) is 43.5 Å². The van der Waals surface area contributed by atoms with E-state index in [9.17, 15) is 0 Å². The van der Waals surface area contributed by atoms with Gasteiger partial charge in [-0.3, -0.25) is 0 Å². The topological polar surface area (TPSA) is 38.9 Å². The third kappa shape index (κ3) is 5.68. The Morgan fingerprint density at radius 1 is 0.739 bits per heavy atom. The molecule has 3 heterocycles. The van der Waals surface area contributed by atoms with E-state index in [1.165, 1.54) is 32.2 Å². The number of nitrogens with zero attached hydrogens (tertiary/aromatic N) is 2. The van der Waals surface area contributed by atoms with Gasteiger partial charge in [-0.15, -0.1) is 17.7 Å². The fraction of sp³-hybridized carbons (Fsp3) is 0.171. The summed E-state index contributed by atoms with van der Waals surface area (Å²) in [6, 6.07) is 40.0. The molecule has 0 N–H and O–H groups in total. The van der Waals surface area contributed by atoms with E-state index < -0.39 is 13.3 Å². The van der Waals surface area contributed by atoms with E-state index in [2.05, 4.69) is 116 Å². The summed E-state index contributed by atoms with van der Waals surface area (Å²) in [6.07, 6.45) is 4.05. The summed E-state index contributed by atoms with van der Waals surface area (Å²) >= 11 is -1.72. The monoisotopic (exact) mass is 839 g/mol. The molecule has 0 bridgehead atoms. The number of benzene rings is 4. The molecule has 0 saturated heterocycles. The van der Waals surface area contributed by atoms with Gasteiger partial charge in [0.1, 0.15) is 5.58 Å². The van der Waals surface area contributed by atoms with Crippen molar-refractivity contribution in [3.05, 3.63) is 138 Å². The van der Waals surface area contributed by atoms with Gasteiger partial charge in [0.2, 0.25) is 0 Å². The summed E-state index contributed by atoms with van der Waals surface area (Å²) in [5, 5.41) is 2.29. The molecule has 46 heavy (non-hydrogen) atoms. The number of aryl methyl sites for hydroxylation is 1. The molecular formula is C41H36GeIrN2O-2. The SMILES string of the molecule is Cc1c[c-]c(-c2cc3c(cn2)-c2ccccc2C3(C)C)c2oc3ccccc3c12.[CH3][Ge]([CH3])([CH3])[c]1ccc(-c2[c-]cccc2)nc1.[Ir]. The van der Waals surface area contributed by atoms with Crippen LogP contribution in [0.15, 0.2) is 114 Å². The molecule has 0 fully saturated rings. The van der Waals surface area contributed by atoms with E-state index >= 15 is 0 Å². The minimum atomic E-state index is -1.72. The van der Waals surface area contributed by atoms with Crippen LogP contribution < -0.4 is 4.40 Å². The largest absolute Gasteiger partial charge is 0 e. The van der Waals surface area contributed by atoms with Gasteiger partial charge in [-0.1, -0.05) is 80.3 Å². The zero-order chi connectivity index (χ0) is 31.3. The minimum Gasteiger partial charge on any atom is 0 e. The molecule has 0 amide bonds. The maximum Gasteiger partial charge on any atom is 0 e. The van der Waals surface area contributed by atoms with Crippen molar-refractivity contribution in [2.75, 3.05) is 0 Å². The molecule has 4 aromatic carbocycles. The van der Waals surface area contributed by atoms with Crippen LogP contribution in [0.4, 0.5) is 0 Å². The third-order valence-corrected chi connectivity index (χ3v) is 13.2. The number of hydrogen-bond donors (Lipinski definition) is 0. The Balaban J connectivity index is 0.000000187. The van der Waals surface area contributed by atoms with E-state index in [-0.39, 0.29) is 25.5 Å². The van der Waals surface area contributed by atoms with Crippen molar-refractivity contribution in [1.82, 2.24) is 9.97 Å². The number of pyridine rings is 2. The van der Waals surface area contributed by atoms with Gasteiger partial charge in [-0.05, 0) is 28.5 Å². The van der Waals surface area contributed by atoms with Gasteiger partial charge in [0.15, 0.2) is 0 Å². The quantitative estimate of drug-likeness (QED) is 0.132. The Bertz CT molecular complexity index is 2180. The molecule has 0 aliphatic heterocycles. The zero-order valence-corrected chi connectivity index (χ0v) is 31.5. The normalized spacial score (nSPS) is 13.0. The van der Waals surface area contributed by atoms with E-state index in [0.29, 0.717) is 0 Å². The fourth-order valence-electron chi connectivity index (χ4n) is 6.40. The maximum atomic E-state index is 6.28. The smallest absolute Gasteiger partial charge is 0 e. The molecule has 5 heteroatoms. The molecule has 0 atom stereocenters. The molecule has 3 nitrogen and oxygen atoms in total. The Morgan fingerprint density at radius 3 is 2.22 bits per heavy atom. The van der Waals surface area contributed by atoms with Crippen LogP contribution in [-0.2, 0) is 25.5 Å². The minimum absolute atomic E-state index is 0. The summed E-state index contributed by atoms with van der Waals surface area (Å²) in [4.78, 5) is 9.37. The predicted octanol–water partition coefficient (Wildman–Crippen LogP) is 10.2. The van der Waals surface area contributed by atoms with Crippen molar-refractivity contribution in [1.29, 1.82) is 0 Å².